The molecule has 0 saturated carbocycles. The largest absolute Gasteiger partial charge is 0.335 e. The molecule has 0 bridgehead atoms. The van der Waals surface area contributed by atoms with E-state index in [-0.39, 0.29) is 5.82 Å². The lowest BCUT2D eigenvalue weighted by Gasteiger charge is -2.15. The summed E-state index contributed by atoms with van der Waals surface area (Å²) in [6, 6.07) is 5.04. The van der Waals surface area contributed by atoms with Crippen LogP contribution in [0.5, 0.6) is 0 Å². The van der Waals surface area contributed by atoms with E-state index < -0.39 is 0 Å². The van der Waals surface area contributed by atoms with E-state index in [1.807, 2.05) is 23.4 Å². The molecule has 2 aliphatic rings. The molecule has 1 aromatic rings. The molecule has 1 aliphatic carbocycles. The SMILES string of the molecule is Fc1ccc2c(c1)CCC2=CN1C=NC=CC1. The van der Waals surface area contributed by atoms with Crippen molar-refractivity contribution in [1.82, 2.24) is 4.90 Å². The molecule has 0 unspecified atom stereocenters. The first-order valence-corrected chi connectivity index (χ1v) is 5.76. The van der Waals surface area contributed by atoms with Gasteiger partial charge in [0.15, 0.2) is 0 Å². The van der Waals surface area contributed by atoms with Gasteiger partial charge in [0.25, 0.3) is 0 Å². The molecule has 1 aromatic carbocycles. The van der Waals surface area contributed by atoms with Gasteiger partial charge >= 0.3 is 0 Å². The van der Waals surface area contributed by atoms with Crippen molar-refractivity contribution in [2.75, 3.05) is 6.54 Å². The minimum Gasteiger partial charge on any atom is -0.335 e. The molecule has 0 saturated heterocycles. The smallest absolute Gasteiger partial charge is 0.123 e. The minimum atomic E-state index is -0.146. The molecule has 17 heavy (non-hydrogen) atoms. The minimum absolute atomic E-state index is 0.146. The molecule has 0 spiro atoms. The zero-order chi connectivity index (χ0) is 11.7. The number of halogens is 1. The average Bonchev–Trinajstić information content (AvgIpc) is 2.73. The summed E-state index contributed by atoms with van der Waals surface area (Å²) >= 11 is 0. The number of nitrogens with zero attached hydrogens (tertiary/aromatic N) is 2. The van der Waals surface area contributed by atoms with Crippen LogP contribution in [0.25, 0.3) is 5.57 Å². The highest BCUT2D eigenvalue weighted by Gasteiger charge is 2.17. The Morgan fingerprint density at radius 2 is 2.24 bits per heavy atom. The van der Waals surface area contributed by atoms with Crippen LogP contribution in [0, 0.1) is 5.82 Å². The number of aliphatic imine (C=N–C) groups is 1. The number of fused-ring (bicyclic) bond motifs is 1. The van der Waals surface area contributed by atoms with Crippen LogP contribution < -0.4 is 0 Å². The third-order valence-corrected chi connectivity index (χ3v) is 3.12. The Labute approximate surface area is 99.8 Å². The van der Waals surface area contributed by atoms with Gasteiger partial charge in [0, 0.05) is 18.9 Å². The lowest BCUT2D eigenvalue weighted by molar-refractivity contribution is 0.626. The first kappa shape index (κ1) is 10.3. The molecular weight excluding hydrogens is 215 g/mol. The number of benzene rings is 1. The van der Waals surface area contributed by atoms with Gasteiger partial charge in [-0.15, -0.1) is 0 Å². The van der Waals surface area contributed by atoms with Crippen LogP contribution in [0.3, 0.4) is 0 Å². The van der Waals surface area contributed by atoms with Crippen LogP contribution >= 0.6 is 0 Å². The van der Waals surface area contributed by atoms with Crippen LogP contribution in [0.1, 0.15) is 17.5 Å². The van der Waals surface area contributed by atoms with Gasteiger partial charge in [-0.05, 0) is 47.8 Å². The second-order valence-electron chi connectivity index (χ2n) is 4.30. The highest BCUT2D eigenvalue weighted by atomic mass is 19.1. The summed E-state index contributed by atoms with van der Waals surface area (Å²) in [5, 5.41) is 0. The Kier molecular flexibility index (Phi) is 2.52. The van der Waals surface area contributed by atoms with E-state index >= 15 is 0 Å². The number of hydrogen-bond donors (Lipinski definition) is 0. The van der Waals surface area contributed by atoms with Gasteiger partial charge in [-0.25, -0.2) is 9.38 Å². The topological polar surface area (TPSA) is 15.6 Å². The van der Waals surface area contributed by atoms with Crippen molar-refractivity contribution in [3.8, 4) is 0 Å². The fourth-order valence-corrected chi connectivity index (χ4v) is 2.31. The van der Waals surface area contributed by atoms with E-state index in [4.69, 9.17) is 0 Å². The molecule has 0 amide bonds. The van der Waals surface area contributed by atoms with Crippen LogP contribution in [0.4, 0.5) is 4.39 Å². The van der Waals surface area contributed by atoms with E-state index in [1.54, 1.807) is 12.3 Å². The average molecular weight is 228 g/mol. The van der Waals surface area contributed by atoms with E-state index in [0.717, 1.165) is 24.9 Å². The Morgan fingerprint density at radius 3 is 3.06 bits per heavy atom. The molecule has 1 aliphatic heterocycles. The number of aryl methyl sites for hydroxylation is 1. The van der Waals surface area contributed by atoms with Crippen molar-refractivity contribution < 1.29 is 4.39 Å². The van der Waals surface area contributed by atoms with E-state index in [0.29, 0.717) is 0 Å². The van der Waals surface area contributed by atoms with Gasteiger partial charge in [0.1, 0.15) is 5.82 Å². The van der Waals surface area contributed by atoms with E-state index in [1.165, 1.54) is 17.2 Å². The summed E-state index contributed by atoms with van der Waals surface area (Å²) in [6.07, 6.45) is 9.64. The van der Waals surface area contributed by atoms with Crippen molar-refractivity contribution in [2.45, 2.75) is 12.8 Å². The fourth-order valence-electron chi connectivity index (χ4n) is 2.31. The Morgan fingerprint density at radius 1 is 1.29 bits per heavy atom. The highest BCUT2D eigenvalue weighted by Crippen LogP contribution is 2.32. The fraction of sp³-hybridized carbons (Fsp3) is 0.214. The number of allylic oxidation sites excluding steroid dienone is 1. The summed E-state index contributed by atoms with van der Waals surface area (Å²) in [4.78, 5) is 6.14. The zero-order valence-corrected chi connectivity index (χ0v) is 9.44. The molecule has 0 radical (unpaired) electrons. The molecule has 0 aromatic heterocycles. The lowest BCUT2D eigenvalue weighted by atomic mass is 10.1. The molecule has 1 heterocycles. The predicted octanol–water partition coefficient (Wildman–Crippen LogP) is 2.97. The van der Waals surface area contributed by atoms with Crippen molar-refractivity contribution >= 4 is 11.9 Å². The Hall–Kier alpha value is -1.90. The number of hydrogen-bond acceptors (Lipinski definition) is 2. The van der Waals surface area contributed by atoms with Crippen LogP contribution in [0.2, 0.25) is 0 Å². The van der Waals surface area contributed by atoms with Crippen molar-refractivity contribution in [2.24, 2.45) is 4.99 Å². The molecule has 3 rings (SSSR count). The van der Waals surface area contributed by atoms with E-state index in [2.05, 4.69) is 11.2 Å². The van der Waals surface area contributed by atoms with Crippen molar-refractivity contribution in [3.05, 3.63) is 53.6 Å². The maximum atomic E-state index is 13.1. The van der Waals surface area contributed by atoms with Crippen LogP contribution in [0.15, 0.2) is 41.7 Å². The second-order valence-corrected chi connectivity index (χ2v) is 4.30. The van der Waals surface area contributed by atoms with Gasteiger partial charge in [-0.2, -0.15) is 0 Å². The van der Waals surface area contributed by atoms with Gasteiger partial charge in [0.2, 0.25) is 0 Å². The predicted molar refractivity (Wildman–Crippen MR) is 67.0 cm³/mol. The normalized spacial score (nSPS) is 20.1. The first-order chi connectivity index (χ1) is 8.33. The van der Waals surface area contributed by atoms with Gasteiger partial charge < -0.3 is 4.90 Å². The molecule has 0 fully saturated rings. The third-order valence-electron chi connectivity index (χ3n) is 3.12. The van der Waals surface area contributed by atoms with Crippen LogP contribution in [-0.2, 0) is 6.42 Å². The molecular formula is C14H13FN2. The van der Waals surface area contributed by atoms with Gasteiger partial charge in [-0.3, -0.25) is 0 Å². The first-order valence-electron chi connectivity index (χ1n) is 5.76. The standard InChI is InChI=1S/C14H13FN2/c15-13-4-5-14-11(8-13)2-3-12(14)9-17-7-1-6-16-10-17/h1,4-6,8-10H,2-3,7H2. The van der Waals surface area contributed by atoms with Crippen molar-refractivity contribution in [3.63, 3.8) is 0 Å². The Balaban J connectivity index is 1.90. The summed E-state index contributed by atoms with van der Waals surface area (Å²) in [7, 11) is 0. The highest BCUT2D eigenvalue weighted by molar-refractivity contribution is 5.74. The lowest BCUT2D eigenvalue weighted by Crippen LogP contribution is -2.17. The molecule has 0 atom stereocenters. The maximum absolute atomic E-state index is 13.1. The molecule has 0 N–H and O–H groups in total. The summed E-state index contributed by atoms with van der Waals surface area (Å²) in [5.74, 6) is -0.146. The Bertz CT molecular complexity index is 529. The molecule has 2 nitrogen and oxygen atoms in total. The third kappa shape index (κ3) is 2.00. The monoisotopic (exact) mass is 228 g/mol. The quantitative estimate of drug-likeness (QED) is 0.721. The van der Waals surface area contributed by atoms with Gasteiger partial charge in [-0.1, -0.05) is 6.07 Å². The molecule has 3 heteroatoms. The van der Waals surface area contributed by atoms with E-state index in [9.17, 15) is 4.39 Å². The maximum Gasteiger partial charge on any atom is 0.123 e. The number of rotatable bonds is 1. The van der Waals surface area contributed by atoms with Gasteiger partial charge in [0.05, 0.1) is 6.34 Å². The summed E-state index contributed by atoms with van der Waals surface area (Å²) < 4.78 is 13.1. The van der Waals surface area contributed by atoms with Crippen molar-refractivity contribution in [1.29, 1.82) is 0 Å². The summed E-state index contributed by atoms with van der Waals surface area (Å²) in [5.41, 5.74) is 3.55. The second kappa shape index (κ2) is 4.17. The molecule has 86 valence electrons. The summed E-state index contributed by atoms with van der Waals surface area (Å²) in [6.45, 7) is 0.851. The van der Waals surface area contributed by atoms with Crippen LogP contribution in [-0.4, -0.2) is 17.8 Å². The zero-order valence-electron chi connectivity index (χ0n) is 9.44.